The van der Waals surface area contributed by atoms with Gasteiger partial charge in [0, 0.05) is 7.11 Å². The van der Waals surface area contributed by atoms with Crippen LogP contribution in [0.3, 0.4) is 0 Å². The SMILES string of the molecule is COC(=O)c1cccc([C@H](C)OC)c1. The summed E-state index contributed by atoms with van der Waals surface area (Å²) in [5.74, 6) is -0.324. The Labute approximate surface area is 83.6 Å². The minimum atomic E-state index is -0.324. The highest BCUT2D eigenvalue weighted by molar-refractivity contribution is 5.89. The van der Waals surface area contributed by atoms with Gasteiger partial charge in [0.15, 0.2) is 0 Å². The van der Waals surface area contributed by atoms with E-state index in [-0.39, 0.29) is 12.1 Å². The lowest BCUT2D eigenvalue weighted by Gasteiger charge is -2.10. The van der Waals surface area contributed by atoms with Gasteiger partial charge in [0.05, 0.1) is 18.8 Å². The van der Waals surface area contributed by atoms with E-state index in [4.69, 9.17) is 4.74 Å². The third-order valence-electron chi connectivity index (χ3n) is 2.13. The third-order valence-corrected chi connectivity index (χ3v) is 2.13. The van der Waals surface area contributed by atoms with Crippen LogP contribution >= 0.6 is 0 Å². The molecule has 0 aromatic heterocycles. The molecule has 1 rings (SSSR count). The van der Waals surface area contributed by atoms with Crippen molar-refractivity contribution < 1.29 is 14.3 Å². The molecular weight excluding hydrogens is 180 g/mol. The van der Waals surface area contributed by atoms with Crippen LogP contribution in [0.1, 0.15) is 28.9 Å². The van der Waals surface area contributed by atoms with Gasteiger partial charge in [-0.3, -0.25) is 0 Å². The third kappa shape index (κ3) is 2.33. The summed E-state index contributed by atoms with van der Waals surface area (Å²) in [5.41, 5.74) is 1.52. The van der Waals surface area contributed by atoms with Crippen molar-refractivity contribution in [2.24, 2.45) is 0 Å². The fourth-order valence-corrected chi connectivity index (χ4v) is 1.17. The molecule has 0 aliphatic heterocycles. The van der Waals surface area contributed by atoms with E-state index in [1.54, 1.807) is 19.2 Å². The molecule has 1 aromatic rings. The highest BCUT2D eigenvalue weighted by Gasteiger charge is 2.08. The summed E-state index contributed by atoms with van der Waals surface area (Å²) < 4.78 is 9.78. The van der Waals surface area contributed by atoms with E-state index in [9.17, 15) is 4.79 Å². The van der Waals surface area contributed by atoms with Gasteiger partial charge in [0.2, 0.25) is 0 Å². The smallest absolute Gasteiger partial charge is 0.337 e. The fourth-order valence-electron chi connectivity index (χ4n) is 1.17. The van der Waals surface area contributed by atoms with E-state index in [1.807, 2.05) is 19.1 Å². The first-order valence-corrected chi connectivity index (χ1v) is 4.40. The first-order chi connectivity index (χ1) is 6.69. The zero-order valence-corrected chi connectivity index (χ0v) is 8.61. The lowest BCUT2D eigenvalue weighted by molar-refractivity contribution is 0.0600. The highest BCUT2D eigenvalue weighted by Crippen LogP contribution is 2.17. The first kappa shape index (κ1) is 10.7. The molecule has 0 aliphatic carbocycles. The van der Waals surface area contributed by atoms with Gasteiger partial charge in [-0.1, -0.05) is 12.1 Å². The Kier molecular flexibility index (Phi) is 3.65. The van der Waals surface area contributed by atoms with Gasteiger partial charge in [0.1, 0.15) is 0 Å². The minimum Gasteiger partial charge on any atom is -0.465 e. The summed E-state index contributed by atoms with van der Waals surface area (Å²) >= 11 is 0. The van der Waals surface area contributed by atoms with Crippen LogP contribution in [0.25, 0.3) is 0 Å². The second-order valence-corrected chi connectivity index (χ2v) is 2.99. The molecule has 0 fully saturated rings. The molecular formula is C11H14O3. The van der Waals surface area contributed by atoms with Crippen molar-refractivity contribution in [3.8, 4) is 0 Å². The maximum Gasteiger partial charge on any atom is 0.337 e. The lowest BCUT2D eigenvalue weighted by atomic mass is 10.1. The van der Waals surface area contributed by atoms with Crippen molar-refractivity contribution in [2.45, 2.75) is 13.0 Å². The van der Waals surface area contributed by atoms with Crippen LogP contribution in [0.5, 0.6) is 0 Å². The Morgan fingerprint density at radius 1 is 1.36 bits per heavy atom. The van der Waals surface area contributed by atoms with Crippen molar-refractivity contribution >= 4 is 5.97 Å². The van der Waals surface area contributed by atoms with Crippen LogP contribution in [-0.4, -0.2) is 20.2 Å². The first-order valence-electron chi connectivity index (χ1n) is 4.40. The Morgan fingerprint density at radius 3 is 2.64 bits per heavy atom. The van der Waals surface area contributed by atoms with E-state index in [0.717, 1.165) is 5.56 Å². The molecule has 0 spiro atoms. The second-order valence-electron chi connectivity index (χ2n) is 2.99. The molecule has 1 aromatic carbocycles. The van der Waals surface area contributed by atoms with Gasteiger partial charge in [-0.05, 0) is 24.6 Å². The molecule has 3 nitrogen and oxygen atoms in total. The van der Waals surface area contributed by atoms with Crippen LogP contribution in [0.15, 0.2) is 24.3 Å². The molecule has 0 aliphatic rings. The van der Waals surface area contributed by atoms with E-state index in [2.05, 4.69) is 4.74 Å². The van der Waals surface area contributed by atoms with Crippen LogP contribution in [0.2, 0.25) is 0 Å². The van der Waals surface area contributed by atoms with E-state index < -0.39 is 0 Å². The minimum absolute atomic E-state index is 0.0143. The number of carbonyl (C=O) groups is 1. The number of benzene rings is 1. The standard InChI is InChI=1S/C11H14O3/c1-8(13-2)9-5-4-6-10(7-9)11(12)14-3/h4-8H,1-3H3/t8-/m0/s1. The zero-order chi connectivity index (χ0) is 10.6. The molecule has 0 saturated heterocycles. The Bertz CT molecular complexity index is 320. The predicted octanol–water partition coefficient (Wildman–Crippen LogP) is 2.18. The van der Waals surface area contributed by atoms with E-state index in [1.165, 1.54) is 7.11 Å². The van der Waals surface area contributed by atoms with Gasteiger partial charge in [-0.2, -0.15) is 0 Å². The molecule has 0 unspecified atom stereocenters. The van der Waals surface area contributed by atoms with Gasteiger partial charge in [-0.25, -0.2) is 4.79 Å². The highest BCUT2D eigenvalue weighted by atomic mass is 16.5. The van der Waals surface area contributed by atoms with Crippen LogP contribution in [0.4, 0.5) is 0 Å². The molecule has 0 N–H and O–H groups in total. The zero-order valence-electron chi connectivity index (χ0n) is 8.61. The molecule has 1 atom stereocenters. The molecule has 0 amide bonds. The summed E-state index contributed by atoms with van der Waals surface area (Å²) in [6, 6.07) is 7.23. The summed E-state index contributed by atoms with van der Waals surface area (Å²) in [5, 5.41) is 0. The number of ether oxygens (including phenoxy) is 2. The fraction of sp³-hybridized carbons (Fsp3) is 0.364. The maximum atomic E-state index is 11.2. The Morgan fingerprint density at radius 2 is 2.07 bits per heavy atom. The lowest BCUT2D eigenvalue weighted by Crippen LogP contribution is -2.03. The number of methoxy groups -OCH3 is 2. The number of hydrogen-bond acceptors (Lipinski definition) is 3. The van der Waals surface area contributed by atoms with Crippen molar-refractivity contribution in [2.75, 3.05) is 14.2 Å². The Balaban J connectivity index is 2.95. The number of rotatable bonds is 3. The predicted molar refractivity (Wildman–Crippen MR) is 53.2 cm³/mol. The second kappa shape index (κ2) is 4.77. The van der Waals surface area contributed by atoms with E-state index in [0.29, 0.717) is 5.56 Å². The molecule has 0 radical (unpaired) electrons. The number of carbonyl (C=O) groups excluding carboxylic acids is 1. The number of esters is 1. The molecule has 0 bridgehead atoms. The Hall–Kier alpha value is -1.35. The quantitative estimate of drug-likeness (QED) is 0.692. The summed E-state index contributed by atoms with van der Waals surface area (Å²) in [6.07, 6.45) is -0.0143. The monoisotopic (exact) mass is 194 g/mol. The van der Waals surface area contributed by atoms with Crippen molar-refractivity contribution in [1.29, 1.82) is 0 Å². The molecule has 76 valence electrons. The van der Waals surface area contributed by atoms with Gasteiger partial charge < -0.3 is 9.47 Å². The average Bonchev–Trinajstić information content (AvgIpc) is 2.27. The summed E-state index contributed by atoms with van der Waals surface area (Å²) in [6.45, 7) is 1.93. The summed E-state index contributed by atoms with van der Waals surface area (Å²) in [4.78, 5) is 11.2. The molecule has 14 heavy (non-hydrogen) atoms. The largest absolute Gasteiger partial charge is 0.465 e. The van der Waals surface area contributed by atoms with E-state index >= 15 is 0 Å². The van der Waals surface area contributed by atoms with Crippen LogP contribution < -0.4 is 0 Å². The van der Waals surface area contributed by atoms with Gasteiger partial charge in [-0.15, -0.1) is 0 Å². The van der Waals surface area contributed by atoms with Gasteiger partial charge in [0.25, 0.3) is 0 Å². The molecule has 3 heteroatoms. The van der Waals surface area contributed by atoms with Crippen molar-refractivity contribution in [1.82, 2.24) is 0 Å². The maximum absolute atomic E-state index is 11.2. The van der Waals surface area contributed by atoms with Crippen molar-refractivity contribution in [3.63, 3.8) is 0 Å². The normalized spacial score (nSPS) is 12.2. The van der Waals surface area contributed by atoms with Crippen LogP contribution in [0, 0.1) is 0 Å². The molecule has 0 saturated carbocycles. The number of hydrogen-bond donors (Lipinski definition) is 0. The summed E-state index contributed by atoms with van der Waals surface area (Å²) in [7, 11) is 3.00. The average molecular weight is 194 g/mol. The van der Waals surface area contributed by atoms with Crippen molar-refractivity contribution in [3.05, 3.63) is 35.4 Å². The van der Waals surface area contributed by atoms with Crippen LogP contribution in [-0.2, 0) is 9.47 Å². The topological polar surface area (TPSA) is 35.5 Å². The molecule has 0 heterocycles. The van der Waals surface area contributed by atoms with Gasteiger partial charge >= 0.3 is 5.97 Å².